The van der Waals surface area contributed by atoms with E-state index in [1.807, 2.05) is 0 Å². The van der Waals surface area contributed by atoms with Gasteiger partial charge in [-0.05, 0) is 6.42 Å². The fraction of sp³-hybridized carbons (Fsp3) is 1.00. The molecule has 2 heteroatoms. The summed E-state index contributed by atoms with van der Waals surface area (Å²) < 4.78 is 0. The lowest BCUT2D eigenvalue weighted by molar-refractivity contribution is -0.655. The molecule has 0 atom stereocenters. The van der Waals surface area contributed by atoms with Crippen LogP contribution in [0.1, 0.15) is 26.2 Å². The first-order valence-corrected chi connectivity index (χ1v) is 4.02. The van der Waals surface area contributed by atoms with E-state index in [2.05, 4.69) is 18.0 Å². The Kier molecular flexibility index (Phi) is 7.85. The average molecular weight is 132 g/mol. The summed E-state index contributed by atoms with van der Waals surface area (Å²) in [6.45, 7) is 5.90. The lowest BCUT2D eigenvalue weighted by atomic mass is 10.3. The van der Waals surface area contributed by atoms with Crippen LogP contribution < -0.4 is 11.1 Å². The van der Waals surface area contributed by atoms with Crippen molar-refractivity contribution in [1.82, 2.24) is 0 Å². The zero-order valence-corrected chi connectivity index (χ0v) is 6.53. The van der Waals surface area contributed by atoms with Crippen LogP contribution >= 0.6 is 0 Å². The number of quaternary nitrogens is 2. The zero-order valence-electron chi connectivity index (χ0n) is 6.53. The van der Waals surface area contributed by atoms with E-state index in [0.29, 0.717) is 0 Å². The van der Waals surface area contributed by atoms with Gasteiger partial charge in [-0.1, -0.05) is 6.92 Å². The highest BCUT2D eigenvalue weighted by Crippen LogP contribution is 1.76. The van der Waals surface area contributed by atoms with Gasteiger partial charge in [0.25, 0.3) is 0 Å². The van der Waals surface area contributed by atoms with Crippen LogP contribution in [-0.4, -0.2) is 19.6 Å². The molecule has 0 radical (unpaired) electrons. The Morgan fingerprint density at radius 2 is 2.00 bits per heavy atom. The van der Waals surface area contributed by atoms with Crippen LogP contribution in [0.5, 0.6) is 0 Å². The Morgan fingerprint density at radius 3 is 2.56 bits per heavy atom. The van der Waals surface area contributed by atoms with Crippen LogP contribution in [0.4, 0.5) is 0 Å². The molecular weight excluding hydrogens is 112 g/mol. The van der Waals surface area contributed by atoms with Gasteiger partial charge in [-0.15, -0.1) is 0 Å². The molecule has 0 unspecified atom stereocenters. The second kappa shape index (κ2) is 7.92. The van der Waals surface area contributed by atoms with E-state index in [4.69, 9.17) is 0 Å². The number of rotatable bonds is 6. The van der Waals surface area contributed by atoms with E-state index < -0.39 is 0 Å². The van der Waals surface area contributed by atoms with E-state index in [9.17, 15) is 0 Å². The second-order valence-corrected chi connectivity index (χ2v) is 2.43. The number of unbranched alkanes of at least 4 members (excludes halogenated alkanes) is 1. The Bertz CT molecular complexity index is 40.2. The first kappa shape index (κ1) is 8.92. The second-order valence-electron chi connectivity index (χ2n) is 2.43. The molecule has 0 spiro atoms. The van der Waals surface area contributed by atoms with Gasteiger partial charge in [0.15, 0.2) is 0 Å². The molecule has 0 aromatic carbocycles. The standard InChI is InChI=1S/C7H18N2/c1-2-6-9-7-4-3-5-8/h9H,2-8H2,1H3/p+2. The number of hydrogen-bond acceptors (Lipinski definition) is 0. The Morgan fingerprint density at radius 1 is 1.22 bits per heavy atom. The van der Waals surface area contributed by atoms with Crippen molar-refractivity contribution in [2.45, 2.75) is 26.2 Å². The lowest BCUT2D eigenvalue weighted by Gasteiger charge is -1.96. The summed E-state index contributed by atoms with van der Waals surface area (Å²) in [4.78, 5) is 0. The summed E-state index contributed by atoms with van der Waals surface area (Å²) in [7, 11) is 0. The molecule has 0 aliphatic heterocycles. The van der Waals surface area contributed by atoms with Crippen LogP contribution in [0.25, 0.3) is 0 Å². The summed E-state index contributed by atoms with van der Waals surface area (Å²) in [6.07, 6.45) is 3.92. The van der Waals surface area contributed by atoms with Crippen molar-refractivity contribution < 1.29 is 11.1 Å². The van der Waals surface area contributed by atoms with E-state index in [-0.39, 0.29) is 0 Å². The summed E-state index contributed by atoms with van der Waals surface area (Å²) in [6, 6.07) is 0. The van der Waals surface area contributed by atoms with E-state index >= 15 is 0 Å². The van der Waals surface area contributed by atoms with Gasteiger partial charge in [-0.2, -0.15) is 0 Å². The monoisotopic (exact) mass is 132 g/mol. The molecule has 0 aliphatic rings. The highest BCUT2D eigenvalue weighted by Gasteiger charge is 1.88. The minimum absolute atomic E-state index is 1.10. The van der Waals surface area contributed by atoms with E-state index in [0.717, 1.165) is 6.54 Å². The third-order valence-electron chi connectivity index (χ3n) is 1.40. The van der Waals surface area contributed by atoms with Gasteiger partial charge in [-0.3, -0.25) is 0 Å². The van der Waals surface area contributed by atoms with Crippen molar-refractivity contribution in [2.75, 3.05) is 19.6 Å². The summed E-state index contributed by atoms with van der Waals surface area (Å²) >= 11 is 0. The highest BCUT2D eigenvalue weighted by molar-refractivity contribution is 4.30. The Labute approximate surface area is 57.8 Å². The largest absolute Gasteiger partial charge is 0.358 e. The highest BCUT2D eigenvalue weighted by atomic mass is 14.8. The first-order chi connectivity index (χ1) is 4.41. The number of nitrogens with two attached hydrogens (primary N) is 1. The topological polar surface area (TPSA) is 44.2 Å². The molecule has 0 saturated carbocycles. The van der Waals surface area contributed by atoms with Crippen molar-refractivity contribution in [1.29, 1.82) is 0 Å². The molecule has 5 N–H and O–H groups in total. The predicted octanol–water partition coefficient (Wildman–Crippen LogP) is -1.02. The first-order valence-electron chi connectivity index (χ1n) is 4.02. The molecule has 0 saturated heterocycles. The molecular formula is C7H20N2+2. The van der Waals surface area contributed by atoms with Gasteiger partial charge < -0.3 is 11.1 Å². The predicted molar refractivity (Wildman–Crippen MR) is 38.9 cm³/mol. The van der Waals surface area contributed by atoms with E-state index in [1.165, 1.54) is 32.4 Å². The molecule has 2 nitrogen and oxygen atoms in total. The van der Waals surface area contributed by atoms with Gasteiger partial charge >= 0.3 is 0 Å². The maximum absolute atomic E-state index is 3.79. The maximum Gasteiger partial charge on any atom is 0.0757 e. The van der Waals surface area contributed by atoms with Gasteiger partial charge in [0.1, 0.15) is 0 Å². The van der Waals surface area contributed by atoms with Crippen molar-refractivity contribution in [2.24, 2.45) is 0 Å². The zero-order chi connectivity index (χ0) is 6.95. The van der Waals surface area contributed by atoms with Gasteiger partial charge in [-0.25, -0.2) is 0 Å². The quantitative estimate of drug-likeness (QED) is 0.435. The summed E-state index contributed by atoms with van der Waals surface area (Å²) in [5.41, 5.74) is 3.79. The molecule has 0 aromatic heterocycles. The maximum atomic E-state index is 3.79. The van der Waals surface area contributed by atoms with Crippen molar-refractivity contribution in [3.63, 3.8) is 0 Å². The van der Waals surface area contributed by atoms with Crippen LogP contribution in [0, 0.1) is 0 Å². The van der Waals surface area contributed by atoms with Crippen molar-refractivity contribution >= 4 is 0 Å². The smallest absolute Gasteiger partial charge is 0.0757 e. The molecule has 0 fully saturated rings. The lowest BCUT2D eigenvalue weighted by Crippen LogP contribution is -2.84. The molecule has 0 aromatic rings. The molecule has 0 aliphatic carbocycles. The summed E-state index contributed by atoms with van der Waals surface area (Å²) in [5, 5.41) is 2.38. The summed E-state index contributed by atoms with van der Waals surface area (Å²) in [5.74, 6) is 0. The Balaban J connectivity index is 2.60. The third kappa shape index (κ3) is 7.92. The number of hydrogen-bond donors (Lipinski definition) is 2. The van der Waals surface area contributed by atoms with Crippen LogP contribution in [0.15, 0.2) is 0 Å². The fourth-order valence-electron chi connectivity index (χ4n) is 0.814. The molecule has 0 rings (SSSR count). The van der Waals surface area contributed by atoms with Gasteiger partial charge in [0, 0.05) is 12.8 Å². The molecule has 0 bridgehead atoms. The SMILES string of the molecule is CCC[NH2+]CCCC[NH3+]. The van der Waals surface area contributed by atoms with Crippen LogP contribution in [-0.2, 0) is 0 Å². The minimum atomic E-state index is 1.10. The third-order valence-corrected chi connectivity index (χ3v) is 1.40. The van der Waals surface area contributed by atoms with Gasteiger partial charge in [0.2, 0.25) is 0 Å². The van der Waals surface area contributed by atoms with E-state index in [1.54, 1.807) is 0 Å². The molecule has 0 heterocycles. The normalized spacial score (nSPS) is 10.0. The van der Waals surface area contributed by atoms with Crippen molar-refractivity contribution in [3.8, 4) is 0 Å². The van der Waals surface area contributed by atoms with Crippen molar-refractivity contribution in [3.05, 3.63) is 0 Å². The minimum Gasteiger partial charge on any atom is -0.358 e. The van der Waals surface area contributed by atoms with Gasteiger partial charge in [0.05, 0.1) is 19.6 Å². The average Bonchev–Trinajstić information content (AvgIpc) is 1.89. The fourth-order valence-corrected chi connectivity index (χ4v) is 0.814. The van der Waals surface area contributed by atoms with Crippen LogP contribution in [0.3, 0.4) is 0 Å². The molecule has 0 amide bonds. The molecule has 9 heavy (non-hydrogen) atoms. The van der Waals surface area contributed by atoms with Crippen LogP contribution in [0.2, 0.25) is 0 Å². The Hall–Kier alpha value is -0.0800. The molecule has 56 valence electrons.